The van der Waals surface area contributed by atoms with E-state index in [1.807, 2.05) is 0 Å². The maximum absolute atomic E-state index is 14.5. The second-order valence-electron chi connectivity index (χ2n) is 11.4. The molecule has 2 heterocycles. The van der Waals surface area contributed by atoms with Gasteiger partial charge in [0.2, 0.25) is 0 Å². The molecule has 13 heteroatoms. The SMILES string of the molecule is CC(C1CC2(CC2)C1)N(CC(=O)c1c(Cl)cncc1Cl)C(=O)c1cnn(C2CCC(C(=O)O)CC2)c1C(F)(F)F. The highest BCUT2D eigenvalue weighted by Gasteiger charge is 2.55. The van der Waals surface area contributed by atoms with E-state index in [4.69, 9.17) is 23.2 Å². The lowest BCUT2D eigenvalue weighted by Gasteiger charge is -2.44. The van der Waals surface area contributed by atoms with Crippen LogP contribution in [0.1, 0.15) is 90.7 Å². The molecule has 1 spiro atoms. The van der Waals surface area contributed by atoms with Gasteiger partial charge in [0.15, 0.2) is 11.5 Å². The van der Waals surface area contributed by atoms with Crippen LogP contribution in [0.5, 0.6) is 0 Å². The molecule has 0 aliphatic heterocycles. The molecule has 3 fully saturated rings. The zero-order chi connectivity index (χ0) is 29.0. The van der Waals surface area contributed by atoms with Gasteiger partial charge in [0.1, 0.15) is 0 Å². The average Bonchev–Trinajstić information content (AvgIpc) is 3.55. The summed E-state index contributed by atoms with van der Waals surface area (Å²) in [6.45, 7) is 1.24. The van der Waals surface area contributed by atoms with E-state index in [0.717, 1.165) is 36.6 Å². The number of nitrogens with zero attached hydrogens (tertiary/aromatic N) is 4. The summed E-state index contributed by atoms with van der Waals surface area (Å²) in [5.74, 6) is -3.10. The van der Waals surface area contributed by atoms with Crippen LogP contribution < -0.4 is 0 Å². The van der Waals surface area contributed by atoms with Crippen LogP contribution in [-0.2, 0) is 11.0 Å². The second-order valence-corrected chi connectivity index (χ2v) is 12.3. The number of ketones is 1. The highest BCUT2D eigenvalue weighted by Crippen LogP contribution is 2.64. The molecule has 0 saturated heterocycles. The number of amides is 1. The number of halogens is 5. The number of hydrogen-bond acceptors (Lipinski definition) is 5. The van der Waals surface area contributed by atoms with Gasteiger partial charge in [0.05, 0.1) is 45.9 Å². The Balaban J connectivity index is 1.47. The number of rotatable bonds is 8. The lowest BCUT2D eigenvalue weighted by Crippen LogP contribution is -2.49. The number of carboxylic acid groups (broad SMARTS) is 1. The Bertz CT molecular complexity index is 1310. The van der Waals surface area contributed by atoms with Crippen molar-refractivity contribution >= 4 is 40.9 Å². The van der Waals surface area contributed by atoms with E-state index in [2.05, 4.69) is 10.1 Å². The molecule has 0 bridgehead atoms. The Morgan fingerprint density at radius 2 is 1.70 bits per heavy atom. The first-order valence-electron chi connectivity index (χ1n) is 13.3. The van der Waals surface area contributed by atoms with Gasteiger partial charge in [-0.1, -0.05) is 23.2 Å². The van der Waals surface area contributed by atoms with Crippen molar-refractivity contribution in [3.8, 4) is 0 Å². The molecular weight excluding hydrogens is 572 g/mol. The van der Waals surface area contributed by atoms with Crippen LogP contribution in [0.4, 0.5) is 13.2 Å². The molecule has 40 heavy (non-hydrogen) atoms. The van der Waals surface area contributed by atoms with Gasteiger partial charge in [0.25, 0.3) is 5.91 Å². The Hall–Kier alpha value is -2.66. The molecule has 1 unspecified atom stereocenters. The Morgan fingerprint density at radius 1 is 1.10 bits per heavy atom. The monoisotopic (exact) mass is 600 g/mol. The normalized spacial score (nSPS) is 22.9. The molecule has 0 aromatic carbocycles. The molecule has 3 saturated carbocycles. The Kier molecular flexibility index (Phi) is 7.67. The van der Waals surface area contributed by atoms with Gasteiger partial charge in [-0.05, 0) is 69.6 Å². The van der Waals surface area contributed by atoms with Gasteiger partial charge in [-0.15, -0.1) is 0 Å². The fourth-order valence-electron chi connectivity index (χ4n) is 6.35. The molecule has 1 amide bonds. The van der Waals surface area contributed by atoms with E-state index in [9.17, 15) is 32.7 Å². The first-order chi connectivity index (χ1) is 18.8. The van der Waals surface area contributed by atoms with Crippen molar-refractivity contribution < 1.29 is 32.7 Å². The van der Waals surface area contributed by atoms with E-state index < -0.39 is 59.6 Å². The van der Waals surface area contributed by atoms with Crippen molar-refractivity contribution in [3.05, 3.63) is 45.5 Å². The quantitative estimate of drug-likeness (QED) is 0.355. The van der Waals surface area contributed by atoms with Crippen LogP contribution in [0, 0.1) is 17.3 Å². The summed E-state index contributed by atoms with van der Waals surface area (Å²) in [4.78, 5) is 43.6. The highest BCUT2D eigenvalue weighted by molar-refractivity contribution is 6.39. The molecular formula is C27H29Cl2F3N4O4. The predicted octanol–water partition coefficient (Wildman–Crippen LogP) is 6.32. The summed E-state index contributed by atoms with van der Waals surface area (Å²) in [7, 11) is 0. The molecule has 3 aliphatic rings. The fourth-order valence-corrected chi connectivity index (χ4v) is 6.92. The smallest absolute Gasteiger partial charge is 0.433 e. The van der Waals surface area contributed by atoms with Gasteiger partial charge in [-0.25, -0.2) is 0 Å². The van der Waals surface area contributed by atoms with Gasteiger partial charge >= 0.3 is 12.1 Å². The number of aromatic nitrogens is 3. The number of carbonyl (C=O) groups is 3. The number of hydrogen-bond donors (Lipinski definition) is 1. The molecule has 2 aromatic heterocycles. The first kappa shape index (κ1) is 28.9. The maximum Gasteiger partial charge on any atom is 0.433 e. The van der Waals surface area contributed by atoms with Crippen LogP contribution in [-0.4, -0.2) is 55.0 Å². The minimum absolute atomic E-state index is 0.0149. The third-order valence-electron chi connectivity index (χ3n) is 8.91. The number of carboxylic acids is 1. The predicted molar refractivity (Wildman–Crippen MR) is 139 cm³/mol. The Labute approximate surface area is 238 Å². The first-order valence-corrected chi connectivity index (χ1v) is 14.1. The Morgan fingerprint density at radius 3 is 2.23 bits per heavy atom. The van der Waals surface area contributed by atoms with Crippen LogP contribution in [0.25, 0.3) is 0 Å². The van der Waals surface area contributed by atoms with Gasteiger partial charge < -0.3 is 10.0 Å². The molecule has 216 valence electrons. The number of carbonyl (C=O) groups excluding carboxylic acids is 2. The molecule has 1 N–H and O–H groups in total. The molecule has 3 aliphatic carbocycles. The summed E-state index contributed by atoms with van der Waals surface area (Å²) in [5, 5.41) is 13.2. The van der Waals surface area contributed by atoms with Crippen LogP contribution >= 0.6 is 23.2 Å². The van der Waals surface area contributed by atoms with E-state index in [-0.39, 0.29) is 52.6 Å². The van der Waals surface area contributed by atoms with E-state index in [1.165, 1.54) is 17.3 Å². The minimum atomic E-state index is -4.91. The van der Waals surface area contributed by atoms with Crippen molar-refractivity contribution in [1.82, 2.24) is 19.7 Å². The summed E-state index contributed by atoms with van der Waals surface area (Å²) < 4.78 is 44.2. The topological polar surface area (TPSA) is 105 Å². The number of alkyl halides is 3. The summed E-state index contributed by atoms with van der Waals surface area (Å²) in [6.07, 6.45) is 3.19. The average molecular weight is 601 g/mol. The molecule has 8 nitrogen and oxygen atoms in total. The van der Waals surface area contributed by atoms with Crippen molar-refractivity contribution in [2.24, 2.45) is 17.3 Å². The third kappa shape index (κ3) is 5.46. The van der Waals surface area contributed by atoms with Crippen molar-refractivity contribution in [1.29, 1.82) is 0 Å². The number of Topliss-reactive ketones (excluding diaryl/α,β-unsaturated/α-hetero) is 1. The third-order valence-corrected chi connectivity index (χ3v) is 9.49. The largest absolute Gasteiger partial charge is 0.481 e. The lowest BCUT2D eigenvalue weighted by atomic mass is 9.68. The van der Waals surface area contributed by atoms with Gasteiger partial charge in [0, 0.05) is 18.4 Å². The standard InChI is InChI=1S/C27H29Cl2F3N4O4/c1-14(16-8-26(9-16)6-7-26)35(13-21(37)22-19(28)11-33-12-20(22)29)24(38)18-10-34-36(23(18)27(30,31)32)17-4-2-15(3-5-17)25(39)40/h10-12,14-17H,2-9,13H2,1H3,(H,39,40). The van der Waals surface area contributed by atoms with E-state index >= 15 is 0 Å². The molecule has 1 atom stereocenters. The summed E-state index contributed by atoms with van der Waals surface area (Å²) >= 11 is 12.3. The van der Waals surface area contributed by atoms with Crippen LogP contribution in [0.2, 0.25) is 10.0 Å². The van der Waals surface area contributed by atoms with E-state index in [0.29, 0.717) is 0 Å². The van der Waals surface area contributed by atoms with Gasteiger partial charge in [-0.2, -0.15) is 18.3 Å². The number of pyridine rings is 1. The van der Waals surface area contributed by atoms with Crippen LogP contribution in [0.3, 0.4) is 0 Å². The maximum atomic E-state index is 14.5. The van der Waals surface area contributed by atoms with Crippen molar-refractivity contribution in [2.75, 3.05) is 6.54 Å². The molecule has 0 radical (unpaired) electrons. The van der Waals surface area contributed by atoms with Crippen molar-refractivity contribution in [3.63, 3.8) is 0 Å². The molecule has 5 rings (SSSR count). The zero-order valence-corrected chi connectivity index (χ0v) is 23.3. The lowest BCUT2D eigenvalue weighted by molar-refractivity contribution is -0.147. The molecule has 2 aromatic rings. The summed E-state index contributed by atoms with van der Waals surface area (Å²) in [6, 6.07) is -1.21. The van der Waals surface area contributed by atoms with E-state index in [1.54, 1.807) is 6.92 Å². The van der Waals surface area contributed by atoms with Crippen LogP contribution in [0.15, 0.2) is 18.6 Å². The summed E-state index contributed by atoms with van der Waals surface area (Å²) in [5.41, 5.74) is -1.60. The zero-order valence-electron chi connectivity index (χ0n) is 21.8. The number of aliphatic carboxylic acids is 1. The minimum Gasteiger partial charge on any atom is -0.481 e. The second kappa shape index (κ2) is 10.6. The van der Waals surface area contributed by atoms with Crippen molar-refractivity contribution in [2.45, 2.75) is 76.6 Å². The van der Waals surface area contributed by atoms with Gasteiger partial charge in [-0.3, -0.25) is 24.0 Å². The fraction of sp³-hybridized carbons (Fsp3) is 0.593. The highest BCUT2D eigenvalue weighted by atomic mass is 35.5.